The largest absolute Gasteiger partial charge is 0.326 e. The Morgan fingerprint density at radius 1 is 1.29 bits per heavy atom. The van der Waals surface area contributed by atoms with Gasteiger partial charge in [-0.3, -0.25) is 9.78 Å². The Bertz CT molecular complexity index is 712. The Kier molecular flexibility index (Phi) is 4.34. The number of hydrogen-bond acceptors (Lipinski definition) is 3. The van der Waals surface area contributed by atoms with E-state index in [4.69, 9.17) is 5.26 Å². The fourth-order valence-corrected chi connectivity index (χ4v) is 2.32. The lowest BCUT2D eigenvalue weighted by atomic mass is 9.98. The minimum absolute atomic E-state index is 0.0996. The molecule has 1 heterocycles. The van der Waals surface area contributed by atoms with Gasteiger partial charge in [0, 0.05) is 23.9 Å². The first kappa shape index (κ1) is 14.7. The van der Waals surface area contributed by atoms with Gasteiger partial charge in [0.15, 0.2) is 0 Å². The first-order valence-electron chi connectivity index (χ1n) is 6.73. The molecule has 0 bridgehead atoms. The molecule has 2 rings (SSSR count). The van der Waals surface area contributed by atoms with E-state index in [-0.39, 0.29) is 5.91 Å². The lowest BCUT2D eigenvalue weighted by Crippen LogP contribution is -2.05. The molecule has 0 aliphatic rings. The zero-order valence-electron chi connectivity index (χ0n) is 12.4. The van der Waals surface area contributed by atoms with Gasteiger partial charge in [-0.1, -0.05) is 12.1 Å². The van der Waals surface area contributed by atoms with Crippen LogP contribution in [0.3, 0.4) is 0 Å². The molecular weight excluding hydrogens is 262 g/mol. The summed E-state index contributed by atoms with van der Waals surface area (Å²) in [7, 11) is 0. The van der Waals surface area contributed by atoms with Crippen molar-refractivity contribution in [3.63, 3.8) is 0 Å². The number of rotatable bonds is 3. The topological polar surface area (TPSA) is 65.8 Å². The molecule has 1 aromatic carbocycles. The van der Waals surface area contributed by atoms with Crippen LogP contribution in [0.1, 0.15) is 23.7 Å². The van der Waals surface area contributed by atoms with Crippen LogP contribution in [0, 0.1) is 25.2 Å². The average Bonchev–Trinajstić information content (AvgIpc) is 2.42. The maximum atomic E-state index is 11.0. The second-order valence-corrected chi connectivity index (χ2v) is 5.00. The third-order valence-corrected chi connectivity index (χ3v) is 3.21. The number of amides is 1. The molecule has 2 aromatic rings. The Morgan fingerprint density at radius 3 is 2.52 bits per heavy atom. The minimum atomic E-state index is -0.0996. The molecular formula is C17H17N3O. The first-order chi connectivity index (χ1) is 10.0. The van der Waals surface area contributed by atoms with E-state index in [1.54, 1.807) is 0 Å². The summed E-state index contributed by atoms with van der Waals surface area (Å²) < 4.78 is 0. The minimum Gasteiger partial charge on any atom is -0.326 e. The van der Waals surface area contributed by atoms with Crippen molar-refractivity contribution in [2.24, 2.45) is 0 Å². The van der Waals surface area contributed by atoms with E-state index < -0.39 is 0 Å². The molecule has 0 aliphatic heterocycles. The summed E-state index contributed by atoms with van der Waals surface area (Å²) in [5, 5.41) is 11.7. The predicted octanol–water partition coefficient (Wildman–Crippen LogP) is 3.39. The summed E-state index contributed by atoms with van der Waals surface area (Å²) in [6.45, 7) is 5.42. The van der Waals surface area contributed by atoms with Crippen molar-refractivity contribution in [3.05, 3.63) is 47.2 Å². The SMILES string of the molecule is CC(=O)Nc1ccc(-c2nc(C)cc(C)c2CC#N)cc1. The van der Waals surface area contributed by atoms with Crippen molar-refractivity contribution in [1.29, 1.82) is 5.26 Å². The predicted molar refractivity (Wildman–Crippen MR) is 82.8 cm³/mol. The molecule has 0 radical (unpaired) electrons. The fraction of sp³-hybridized carbons (Fsp3) is 0.235. The van der Waals surface area contributed by atoms with Gasteiger partial charge in [-0.25, -0.2) is 0 Å². The highest BCUT2D eigenvalue weighted by atomic mass is 16.1. The normalized spacial score (nSPS) is 10.0. The zero-order valence-corrected chi connectivity index (χ0v) is 12.4. The molecule has 21 heavy (non-hydrogen) atoms. The number of nitrogens with one attached hydrogen (secondary N) is 1. The molecule has 0 spiro atoms. The number of aryl methyl sites for hydroxylation is 2. The number of carbonyl (C=O) groups excluding carboxylic acids is 1. The highest BCUT2D eigenvalue weighted by molar-refractivity contribution is 5.89. The molecule has 0 saturated heterocycles. The molecule has 0 unspecified atom stereocenters. The number of pyridine rings is 1. The van der Waals surface area contributed by atoms with Crippen LogP contribution in [-0.2, 0) is 11.2 Å². The molecule has 1 aromatic heterocycles. The smallest absolute Gasteiger partial charge is 0.221 e. The Balaban J connectivity index is 2.46. The van der Waals surface area contributed by atoms with Gasteiger partial charge in [-0.15, -0.1) is 0 Å². The fourth-order valence-electron chi connectivity index (χ4n) is 2.32. The molecule has 0 atom stereocenters. The second kappa shape index (κ2) is 6.19. The van der Waals surface area contributed by atoms with Crippen molar-refractivity contribution in [3.8, 4) is 17.3 Å². The van der Waals surface area contributed by atoms with Crippen molar-refractivity contribution >= 4 is 11.6 Å². The summed E-state index contributed by atoms with van der Waals surface area (Å²) in [5.41, 5.74) is 5.48. The molecule has 4 heteroatoms. The van der Waals surface area contributed by atoms with Gasteiger partial charge in [0.2, 0.25) is 5.91 Å². The van der Waals surface area contributed by atoms with E-state index in [0.29, 0.717) is 6.42 Å². The summed E-state index contributed by atoms with van der Waals surface area (Å²) >= 11 is 0. The van der Waals surface area contributed by atoms with Crippen LogP contribution in [0.5, 0.6) is 0 Å². The standard InChI is InChI=1S/C17H17N3O/c1-11-10-12(2)19-17(16(11)8-9-18)14-4-6-15(7-5-14)20-13(3)21/h4-7,10H,8H2,1-3H3,(H,20,21). The monoisotopic (exact) mass is 279 g/mol. The highest BCUT2D eigenvalue weighted by Crippen LogP contribution is 2.26. The molecule has 0 aliphatic carbocycles. The summed E-state index contributed by atoms with van der Waals surface area (Å²) in [5.74, 6) is -0.0996. The lowest BCUT2D eigenvalue weighted by molar-refractivity contribution is -0.114. The number of carbonyl (C=O) groups is 1. The van der Waals surface area contributed by atoms with E-state index in [0.717, 1.165) is 33.8 Å². The average molecular weight is 279 g/mol. The van der Waals surface area contributed by atoms with Crippen molar-refractivity contribution < 1.29 is 4.79 Å². The zero-order chi connectivity index (χ0) is 15.4. The van der Waals surface area contributed by atoms with Crippen molar-refractivity contribution in [2.75, 3.05) is 5.32 Å². The number of anilines is 1. The molecule has 4 nitrogen and oxygen atoms in total. The number of nitrogens with zero attached hydrogens (tertiary/aromatic N) is 2. The molecule has 0 fully saturated rings. The van der Waals surface area contributed by atoms with Gasteiger partial charge in [0.25, 0.3) is 0 Å². The van der Waals surface area contributed by atoms with Crippen molar-refractivity contribution in [2.45, 2.75) is 27.2 Å². The van der Waals surface area contributed by atoms with Crippen LogP contribution >= 0.6 is 0 Å². The van der Waals surface area contributed by atoms with Crippen molar-refractivity contribution in [1.82, 2.24) is 4.98 Å². The van der Waals surface area contributed by atoms with Gasteiger partial charge in [0.1, 0.15) is 0 Å². The lowest BCUT2D eigenvalue weighted by Gasteiger charge is -2.11. The van der Waals surface area contributed by atoms with E-state index in [9.17, 15) is 4.79 Å². The van der Waals surface area contributed by atoms with Gasteiger partial charge < -0.3 is 5.32 Å². The Labute approximate surface area is 124 Å². The maximum absolute atomic E-state index is 11.0. The summed E-state index contributed by atoms with van der Waals surface area (Å²) in [4.78, 5) is 15.6. The number of nitriles is 1. The van der Waals surface area contributed by atoms with Gasteiger partial charge >= 0.3 is 0 Å². The maximum Gasteiger partial charge on any atom is 0.221 e. The Morgan fingerprint density at radius 2 is 1.95 bits per heavy atom. The molecule has 106 valence electrons. The number of benzene rings is 1. The molecule has 1 amide bonds. The van der Waals surface area contributed by atoms with Crippen LogP contribution in [0.15, 0.2) is 30.3 Å². The quantitative estimate of drug-likeness (QED) is 0.936. The van der Waals surface area contributed by atoms with Gasteiger partial charge in [-0.2, -0.15) is 5.26 Å². The number of aromatic nitrogens is 1. The highest BCUT2D eigenvalue weighted by Gasteiger charge is 2.11. The third-order valence-electron chi connectivity index (χ3n) is 3.21. The van der Waals surface area contributed by atoms with E-state index in [1.165, 1.54) is 6.92 Å². The van der Waals surface area contributed by atoms with E-state index >= 15 is 0 Å². The van der Waals surface area contributed by atoms with Gasteiger partial charge in [0.05, 0.1) is 18.2 Å². The second-order valence-electron chi connectivity index (χ2n) is 5.00. The summed E-state index contributed by atoms with van der Waals surface area (Å²) in [6.07, 6.45) is 0.335. The number of hydrogen-bond donors (Lipinski definition) is 1. The van der Waals surface area contributed by atoms with Crippen LogP contribution in [0.25, 0.3) is 11.3 Å². The van der Waals surface area contributed by atoms with Crippen LogP contribution in [0.2, 0.25) is 0 Å². The van der Waals surface area contributed by atoms with Crippen LogP contribution in [-0.4, -0.2) is 10.9 Å². The van der Waals surface area contributed by atoms with E-state index in [1.807, 2.05) is 44.2 Å². The third kappa shape index (κ3) is 3.46. The Hall–Kier alpha value is -2.67. The van der Waals surface area contributed by atoms with Crippen LogP contribution in [0.4, 0.5) is 5.69 Å². The van der Waals surface area contributed by atoms with Crippen LogP contribution < -0.4 is 5.32 Å². The van der Waals surface area contributed by atoms with E-state index in [2.05, 4.69) is 16.4 Å². The van der Waals surface area contributed by atoms with Gasteiger partial charge in [-0.05, 0) is 43.2 Å². The summed E-state index contributed by atoms with van der Waals surface area (Å²) in [6, 6.07) is 11.7. The molecule has 1 N–H and O–H groups in total. The first-order valence-corrected chi connectivity index (χ1v) is 6.73. The molecule has 0 saturated carbocycles.